The first-order valence-electron chi connectivity index (χ1n) is 11.5. The van der Waals surface area contributed by atoms with Gasteiger partial charge in [-0.1, -0.05) is 99.3 Å². The molecule has 1 heterocycles. The Morgan fingerprint density at radius 2 is 1.69 bits per heavy atom. The predicted molar refractivity (Wildman–Crippen MR) is 140 cm³/mol. The van der Waals surface area contributed by atoms with Crippen LogP contribution >= 0.6 is 0 Å². The van der Waals surface area contributed by atoms with E-state index in [0.29, 0.717) is 11.5 Å². The van der Waals surface area contributed by atoms with Crippen LogP contribution in [0.2, 0.25) is 0 Å². The van der Waals surface area contributed by atoms with Crippen molar-refractivity contribution in [3.8, 4) is 0 Å². The van der Waals surface area contributed by atoms with Gasteiger partial charge in [0, 0.05) is 17.0 Å². The Hall–Kier alpha value is -4.39. The van der Waals surface area contributed by atoms with Crippen molar-refractivity contribution in [2.45, 2.75) is 26.6 Å². The number of alkyl carbamates (subject to hydrolysis) is 1. The Morgan fingerprint density at radius 3 is 2.34 bits per heavy atom. The third-order valence-electron chi connectivity index (χ3n) is 5.65. The van der Waals surface area contributed by atoms with Gasteiger partial charge in [-0.05, 0) is 11.6 Å². The van der Waals surface area contributed by atoms with E-state index < -0.39 is 12.3 Å². The fraction of sp³-hybridized carbons (Fsp3) is 0.179. The maximum absolute atomic E-state index is 12.8. The minimum atomic E-state index is -0.809. The number of fused-ring (bicyclic) bond motifs is 1. The van der Waals surface area contributed by atoms with Crippen LogP contribution < -0.4 is 16.1 Å². The number of carbonyl (C=O) groups excluding carboxylic acids is 1. The first kappa shape index (κ1) is 23.8. The van der Waals surface area contributed by atoms with Crippen molar-refractivity contribution < 1.29 is 9.53 Å². The van der Waals surface area contributed by atoms with Gasteiger partial charge in [0.2, 0.25) is 0 Å². The van der Waals surface area contributed by atoms with Gasteiger partial charge in [0.1, 0.15) is 12.4 Å². The molecule has 3 aromatic carbocycles. The zero-order valence-corrected chi connectivity index (χ0v) is 19.9. The molecule has 4 rings (SSSR count). The van der Waals surface area contributed by atoms with Crippen molar-refractivity contribution in [2.75, 3.05) is 4.90 Å². The summed E-state index contributed by atoms with van der Waals surface area (Å²) < 4.78 is 5.47. The Labute approximate surface area is 205 Å². The van der Waals surface area contributed by atoms with Gasteiger partial charge in [-0.15, -0.1) is 0 Å². The normalized spacial score (nSPS) is 15.8. The molecule has 1 unspecified atom stereocenters. The van der Waals surface area contributed by atoms with Crippen molar-refractivity contribution >= 4 is 23.3 Å². The number of hydrogen-bond donors (Lipinski definition) is 2. The summed E-state index contributed by atoms with van der Waals surface area (Å²) in [6, 6.07) is 27.2. The van der Waals surface area contributed by atoms with Crippen LogP contribution in [0.25, 0.3) is 0 Å². The van der Waals surface area contributed by atoms with Gasteiger partial charge >= 0.3 is 6.09 Å². The second-order valence-electron chi connectivity index (χ2n) is 8.44. The molecule has 178 valence electrons. The summed E-state index contributed by atoms with van der Waals surface area (Å²) in [6.07, 6.45) is -1.41. The highest BCUT2D eigenvalue weighted by atomic mass is 16.5. The van der Waals surface area contributed by atoms with E-state index in [-0.39, 0.29) is 12.5 Å². The van der Waals surface area contributed by atoms with E-state index in [1.807, 2.05) is 104 Å². The number of amidine groups is 1. The number of rotatable bonds is 5. The highest BCUT2D eigenvalue weighted by Gasteiger charge is 2.32. The molecule has 0 radical (unpaired) electrons. The average molecular weight is 468 g/mol. The number of hydrazone groups is 1. The van der Waals surface area contributed by atoms with Crippen molar-refractivity contribution in [2.24, 2.45) is 21.9 Å². The number of ether oxygens (including phenoxy) is 1. The van der Waals surface area contributed by atoms with Crippen LogP contribution in [0.15, 0.2) is 107 Å². The Kier molecular flexibility index (Phi) is 7.26. The molecule has 0 aromatic heterocycles. The minimum Gasteiger partial charge on any atom is -0.445 e. The van der Waals surface area contributed by atoms with E-state index in [1.165, 1.54) is 0 Å². The van der Waals surface area contributed by atoms with E-state index in [9.17, 15) is 4.79 Å². The average Bonchev–Trinajstić information content (AvgIpc) is 2.99. The summed E-state index contributed by atoms with van der Waals surface area (Å²) >= 11 is 0. The van der Waals surface area contributed by atoms with Gasteiger partial charge in [-0.3, -0.25) is 15.2 Å². The lowest BCUT2D eigenvalue weighted by Gasteiger charge is -2.31. The van der Waals surface area contributed by atoms with Crippen molar-refractivity contribution in [1.29, 1.82) is 0 Å². The van der Waals surface area contributed by atoms with E-state index in [2.05, 4.69) is 17.0 Å². The molecule has 0 bridgehead atoms. The fourth-order valence-corrected chi connectivity index (χ4v) is 3.97. The number of nitrogens with two attached hydrogens (primary N) is 1. The molecule has 3 aromatic rings. The second kappa shape index (κ2) is 10.7. The van der Waals surface area contributed by atoms with Gasteiger partial charge in [0.05, 0.1) is 17.1 Å². The summed E-state index contributed by atoms with van der Waals surface area (Å²) in [5.74, 6) is 6.44. The van der Waals surface area contributed by atoms with Crippen LogP contribution in [-0.2, 0) is 11.3 Å². The number of nitrogens with one attached hydrogen (secondary N) is 1. The zero-order valence-electron chi connectivity index (χ0n) is 19.9. The van der Waals surface area contributed by atoms with Crippen LogP contribution in [-0.4, -0.2) is 23.8 Å². The molecule has 35 heavy (non-hydrogen) atoms. The van der Waals surface area contributed by atoms with Crippen LogP contribution in [0, 0.1) is 5.92 Å². The first-order chi connectivity index (χ1) is 17.0. The highest BCUT2D eigenvalue weighted by molar-refractivity contribution is 6.19. The number of anilines is 1. The first-order valence-corrected chi connectivity index (χ1v) is 11.5. The SMILES string of the molecule is C=C1C(NC(=O)OCc2ccccc2)N=C(c2ccccc2)c2ccccc2N1/C(=N\N)C(C)C. The molecule has 0 spiro atoms. The van der Waals surface area contributed by atoms with Crippen molar-refractivity contribution in [1.82, 2.24) is 5.32 Å². The standard InChI is InChI=1S/C28H29N5O2/c1-19(2)27(32-29)33-20(3)26(31-28(34)35-18-21-12-6-4-7-13-21)30-25(22-14-8-5-9-15-22)23-16-10-11-17-24(23)33/h4-17,19,26H,3,18,29H2,1-2H3,(H,31,34)/b32-27-. The van der Waals surface area contributed by atoms with Crippen molar-refractivity contribution in [3.05, 3.63) is 114 Å². The van der Waals surface area contributed by atoms with Crippen LogP contribution in [0.1, 0.15) is 30.5 Å². The Balaban J connectivity index is 1.74. The zero-order chi connectivity index (χ0) is 24.8. The van der Waals surface area contributed by atoms with Crippen LogP contribution in [0.4, 0.5) is 10.5 Å². The van der Waals surface area contributed by atoms with Gasteiger partial charge in [-0.2, -0.15) is 5.10 Å². The topological polar surface area (TPSA) is 92.3 Å². The summed E-state index contributed by atoms with van der Waals surface area (Å²) in [5, 5.41) is 6.95. The lowest BCUT2D eigenvalue weighted by molar-refractivity contribution is 0.137. The molecule has 7 nitrogen and oxygen atoms in total. The molecule has 0 saturated heterocycles. The third kappa shape index (κ3) is 5.24. The fourth-order valence-electron chi connectivity index (χ4n) is 3.97. The second-order valence-corrected chi connectivity index (χ2v) is 8.44. The molecule has 1 aliphatic rings. The van der Waals surface area contributed by atoms with Crippen LogP contribution in [0.3, 0.4) is 0 Å². The number of aliphatic imine (C=N–C) groups is 1. The lowest BCUT2D eigenvalue weighted by Crippen LogP contribution is -2.44. The summed E-state index contributed by atoms with van der Waals surface area (Å²) in [4.78, 5) is 19.7. The molecule has 1 atom stereocenters. The van der Waals surface area contributed by atoms with E-state index in [0.717, 1.165) is 28.1 Å². The molecular formula is C28H29N5O2. The minimum absolute atomic E-state index is 0.00577. The largest absolute Gasteiger partial charge is 0.445 e. The lowest BCUT2D eigenvalue weighted by atomic mass is 9.99. The molecular weight excluding hydrogens is 438 g/mol. The predicted octanol–water partition coefficient (Wildman–Crippen LogP) is 5.04. The maximum atomic E-state index is 12.8. The number of benzene rings is 3. The summed E-state index contributed by atoms with van der Waals surface area (Å²) in [6.45, 7) is 8.45. The highest BCUT2D eigenvalue weighted by Crippen LogP contribution is 2.33. The van der Waals surface area contributed by atoms with E-state index in [1.54, 1.807) is 0 Å². The molecule has 3 N–H and O–H groups in total. The number of carbonyl (C=O) groups is 1. The molecule has 0 aliphatic carbocycles. The van der Waals surface area contributed by atoms with Crippen LogP contribution in [0.5, 0.6) is 0 Å². The van der Waals surface area contributed by atoms with Crippen molar-refractivity contribution in [3.63, 3.8) is 0 Å². The smallest absolute Gasteiger partial charge is 0.409 e. The van der Waals surface area contributed by atoms with Gasteiger partial charge in [0.25, 0.3) is 0 Å². The maximum Gasteiger partial charge on any atom is 0.409 e. The number of hydrogen-bond acceptors (Lipinski definition) is 5. The van der Waals surface area contributed by atoms with Gasteiger partial charge in [0.15, 0.2) is 6.17 Å². The molecule has 0 saturated carbocycles. The van der Waals surface area contributed by atoms with E-state index in [4.69, 9.17) is 15.6 Å². The number of amides is 1. The Bertz CT molecular complexity index is 1250. The molecule has 1 amide bonds. The monoisotopic (exact) mass is 467 g/mol. The summed E-state index contributed by atoms with van der Waals surface area (Å²) in [7, 11) is 0. The van der Waals surface area contributed by atoms with E-state index >= 15 is 0 Å². The molecule has 1 aliphatic heterocycles. The van der Waals surface area contributed by atoms with Gasteiger partial charge < -0.3 is 10.6 Å². The molecule has 7 heteroatoms. The third-order valence-corrected chi connectivity index (χ3v) is 5.65. The van der Waals surface area contributed by atoms with Gasteiger partial charge in [-0.25, -0.2) is 4.79 Å². The quantitative estimate of drug-likeness (QED) is 0.238. The Morgan fingerprint density at radius 1 is 1.06 bits per heavy atom. The number of nitrogens with zero attached hydrogens (tertiary/aromatic N) is 3. The number of para-hydroxylation sites is 1. The summed E-state index contributed by atoms with van der Waals surface area (Å²) in [5.41, 5.74) is 4.75. The number of benzodiazepines with no additional fused rings is 1. The molecule has 0 fully saturated rings.